The zero-order valence-electron chi connectivity index (χ0n) is 16.6. The maximum Gasteiger partial charge on any atom is 0.236 e. The number of carbonyl (C=O) groups excluding carboxylic acids is 1. The van der Waals surface area contributed by atoms with Gasteiger partial charge in [-0.05, 0) is 30.4 Å². The van der Waals surface area contributed by atoms with Crippen LogP contribution in [0.15, 0.2) is 35.7 Å². The number of hydrogen-bond donors (Lipinski definition) is 1. The molecular formula is C21H31N3O3S. The minimum atomic E-state index is -3.44. The van der Waals surface area contributed by atoms with Crippen molar-refractivity contribution in [1.82, 2.24) is 14.5 Å². The summed E-state index contributed by atoms with van der Waals surface area (Å²) >= 11 is 0. The highest BCUT2D eigenvalue weighted by Gasteiger charge is 2.27. The van der Waals surface area contributed by atoms with E-state index in [0.717, 1.165) is 12.0 Å². The molecule has 1 N–H and O–H groups in total. The molecule has 0 radical (unpaired) electrons. The van der Waals surface area contributed by atoms with E-state index >= 15 is 0 Å². The molecule has 2 atom stereocenters. The Hall–Kier alpha value is -1.70. The summed E-state index contributed by atoms with van der Waals surface area (Å²) in [5, 5.41) is 4.45. The number of benzene rings is 1. The molecule has 1 aromatic rings. The standard InChI is InChI=1S/C21H31N3O3S/c1-18-7-5-6-10-20(18)22-21(25)17-23-12-14-24(15-13-23)28(26,27)16-11-19-8-3-2-4-9-19/h2-4,8-9,11,16,18,20H,5-7,10,12-15,17H2,1H3,(H,22,25)/b16-11+/t18-,20-/m0/s1. The van der Waals surface area contributed by atoms with Gasteiger partial charge in [-0.3, -0.25) is 9.69 Å². The normalized spacial score (nSPS) is 25.0. The molecule has 2 fully saturated rings. The van der Waals surface area contributed by atoms with Gasteiger partial charge in [-0.15, -0.1) is 0 Å². The highest BCUT2D eigenvalue weighted by Crippen LogP contribution is 2.23. The number of nitrogens with zero attached hydrogens (tertiary/aromatic N) is 2. The molecule has 1 amide bonds. The molecule has 0 unspecified atom stereocenters. The molecule has 154 valence electrons. The van der Waals surface area contributed by atoms with Crippen LogP contribution in [-0.4, -0.2) is 62.3 Å². The van der Waals surface area contributed by atoms with Crippen molar-refractivity contribution in [3.05, 3.63) is 41.3 Å². The van der Waals surface area contributed by atoms with Crippen LogP contribution in [0.25, 0.3) is 6.08 Å². The number of hydrogen-bond acceptors (Lipinski definition) is 4. The summed E-state index contributed by atoms with van der Waals surface area (Å²) in [6, 6.07) is 9.68. The minimum Gasteiger partial charge on any atom is -0.352 e. The summed E-state index contributed by atoms with van der Waals surface area (Å²) in [5.74, 6) is 0.593. The Morgan fingerprint density at radius 3 is 2.46 bits per heavy atom. The zero-order valence-corrected chi connectivity index (χ0v) is 17.4. The molecule has 1 aromatic carbocycles. The number of piperazine rings is 1. The van der Waals surface area contributed by atoms with Gasteiger partial charge in [-0.2, -0.15) is 4.31 Å². The fourth-order valence-electron chi connectivity index (χ4n) is 3.94. The van der Waals surface area contributed by atoms with E-state index in [2.05, 4.69) is 12.2 Å². The van der Waals surface area contributed by atoms with Crippen LogP contribution in [0.2, 0.25) is 0 Å². The minimum absolute atomic E-state index is 0.0547. The van der Waals surface area contributed by atoms with Crippen LogP contribution in [0, 0.1) is 5.92 Å². The van der Waals surface area contributed by atoms with Crippen molar-refractivity contribution < 1.29 is 13.2 Å². The van der Waals surface area contributed by atoms with Crippen molar-refractivity contribution in [1.29, 1.82) is 0 Å². The Labute approximate surface area is 168 Å². The maximum atomic E-state index is 12.5. The highest BCUT2D eigenvalue weighted by molar-refractivity contribution is 7.92. The first kappa shape index (κ1) is 21.0. The summed E-state index contributed by atoms with van der Waals surface area (Å²) in [4.78, 5) is 14.4. The maximum absolute atomic E-state index is 12.5. The van der Waals surface area contributed by atoms with Crippen molar-refractivity contribution in [3.8, 4) is 0 Å². The molecule has 1 saturated heterocycles. The van der Waals surface area contributed by atoms with E-state index in [1.165, 1.54) is 29.0 Å². The molecule has 1 saturated carbocycles. The smallest absolute Gasteiger partial charge is 0.236 e. The second kappa shape index (κ2) is 9.67. The lowest BCUT2D eigenvalue weighted by atomic mass is 9.86. The van der Waals surface area contributed by atoms with Crippen molar-refractivity contribution in [2.45, 2.75) is 38.6 Å². The largest absolute Gasteiger partial charge is 0.352 e. The third kappa shape index (κ3) is 5.90. The molecule has 2 aliphatic rings. The number of nitrogens with one attached hydrogen (secondary N) is 1. The van der Waals surface area contributed by atoms with E-state index in [1.54, 1.807) is 6.08 Å². The van der Waals surface area contributed by atoms with E-state index in [4.69, 9.17) is 0 Å². The Morgan fingerprint density at radius 1 is 1.11 bits per heavy atom. The van der Waals surface area contributed by atoms with Gasteiger partial charge < -0.3 is 5.32 Å². The predicted octanol–water partition coefficient (Wildman–Crippen LogP) is 2.30. The van der Waals surface area contributed by atoms with E-state index in [0.29, 0.717) is 38.6 Å². The molecular weight excluding hydrogens is 374 g/mol. The first-order chi connectivity index (χ1) is 13.4. The summed E-state index contributed by atoms with van der Waals surface area (Å²) in [5.41, 5.74) is 0.860. The van der Waals surface area contributed by atoms with E-state index < -0.39 is 10.0 Å². The third-order valence-corrected chi connectivity index (χ3v) is 7.31. The molecule has 6 nitrogen and oxygen atoms in total. The fraction of sp³-hybridized carbons (Fsp3) is 0.571. The monoisotopic (exact) mass is 405 g/mol. The summed E-state index contributed by atoms with van der Waals surface area (Å²) in [6.07, 6.45) is 6.30. The van der Waals surface area contributed by atoms with E-state index in [1.807, 2.05) is 35.2 Å². The van der Waals surface area contributed by atoms with Crippen LogP contribution in [0.4, 0.5) is 0 Å². The molecule has 0 aromatic heterocycles. The second-order valence-electron chi connectivity index (χ2n) is 7.87. The molecule has 0 spiro atoms. The van der Waals surface area contributed by atoms with Gasteiger partial charge in [0.2, 0.25) is 15.9 Å². The van der Waals surface area contributed by atoms with Gasteiger partial charge in [0.05, 0.1) is 6.54 Å². The van der Waals surface area contributed by atoms with Gasteiger partial charge in [0, 0.05) is 37.6 Å². The summed E-state index contributed by atoms with van der Waals surface area (Å²) < 4.78 is 26.5. The number of rotatable bonds is 6. The molecule has 3 rings (SSSR count). The SMILES string of the molecule is C[C@H]1CCCC[C@@H]1NC(=O)CN1CCN(S(=O)(=O)/C=C/c2ccccc2)CC1. The zero-order chi connectivity index (χ0) is 20.0. The van der Waals surface area contributed by atoms with Gasteiger partial charge in [0.15, 0.2) is 0 Å². The molecule has 0 bridgehead atoms. The summed E-state index contributed by atoms with van der Waals surface area (Å²) in [6.45, 7) is 4.52. The Bertz CT molecular complexity index is 771. The van der Waals surface area contributed by atoms with Crippen LogP contribution in [0.1, 0.15) is 38.2 Å². The van der Waals surface area contributed by atoms with Gasteiger partial charge in [0.25, 0.3) is 0 Å². The van der Waals surface area contributed by atoms with Crippen molar-refractivity contribution in [2.75, 3.05) is 32.7 Å². The highest BCUT2D eigenvalue weighted by atomic mass is 32.2. The Kier molecular flexibility index (Phi) is 7.26. The summed E-state index contributed by atoms with van der Waals surface area (Å²) in [7, 11) is -3.44. The number of amides is 1. The molecule has 1 heterocycles. The molecule has 28 heavy (non-hydrogen) atoms. The first-order valence-electron chi connectivity index (χ1n) is 10.2. The molecule has 1 aliphatic heterocycles. The van der Waals surface area contributed by atoms with E-state index in [9.17, 15) is 13.2 Å². The average Bonchev–Trinajstić information content (AvgIpc) is 2.69. The van der Waals surface area contributed by atoms with Crippen LogP contribution in [-0.2, 0) is 14.8 Å². The average molecular weight is 406 g/mol. The number of sulfonamides is 1. The van der Waals surface area contributed by atoms with Crippen LogP contribution in [0.5, 0.6) is 0 Å². The van der Waals surface area contributed by atoms with E-state index in [-0.39, 0.29) is 11.9 Å². The fourth-order valence-corrected chi connectivity index (χ4v) is 5.12. The quantitative estimate of drug-likeness (QED) is 0.788. The molecule has 7 heteroatoms. The number of carbonyl (C=O) groups is 1. The third-order valence-electron chi connectivity index (χ3n) is 5.75. The van der Waals surface area contributed by atoms with Gasteiger partial charge in [-0.25, -0.2) is 8.42 Å². The topological polar surface area (TPSA) is 69.7 Å². The second-order valence-corrected chi connectivity index (χ2v) is 9.69. The molecule has 1 aliphatic carbocycles. The lowest BCUT2D eigenvalue weighted by molar-refractivity contribution is -0.123. The van der Waals surface area contributed by atoms with Crippen LogP contribution >= 0.6 is 0 Å². The van der Waals surface area contributed by atoms with Crippen molar-refractivity contribution in [2.24, 2.45) is 5.92 Å². The lowest BCUT2D eigenvalue weighted by Crippen LogP contribution is -2.52. The van der Waals surface area contributed by atoms with Crippen LogP contribution < -0.4 is 5.32 Å². The van der Waals surface area contributed by atoms with Gasteiger partial charge in [0.1, 0.15) is 0 Å². The first-order valence-corrected chi connectivity index (χ1v) is 11.7. The predicted molar refractivity (Wildman–Crippen MR) is 112 cm³/mol. The Balaban J connectivity index is 1.46. The van der Waals surface area contributed by atoms with Gasteiger partial charge >= 0.3 is 0 Å². The van der Waals surface area contributed by atoms with Crippen molar-refractivity contribution in [3.63, 3.8) is 0 Å². The van der Waals surface area contributed by atoms with Gasteiger partial charge in [-0.1, -0.05) is 50.1 Å². The Morgan fingerprint density at radius 2 is 1.79 bits per heavy atom. The van der Waals surface area contributed by atoms with Crippen LogP contribution in [0.3, 0.4) is 0 Å². The van der Waals surface area contributed by atoms with Crippen molar-refractivity contribution >= 4 is 22.0 Å². The lowest BCUT2D eigenvalue weighted by Gasteiger charge is -2.34.